The molecule has 4 N–H and O–H groups in total. The number of carbonyl (C=O) groups excluding carboxylic acids is 1. The second-order valence-electron chi connectivity index (χ2n) is 19.2. The molecular formula is C44H58Cl2NNaO6. The maximum absolute atomic E-state index is 12.8. The molecule has 290 valence electrons. The fourth-order valence-corrected chi connectivity index (χ4v) is 12.9. The van der Waals surface area contributed by atoms with Crippen LogP contribution in [-0.2, 0) is 4.79 Å². The summed E-state index contributed by atoms with van der Waals surface area (Å²) in [5.41, 5.74) is 2.06. The average Bonchev–Trinajstić information content (AvgIpc) is 3.07. The van der Waals surface area contributed by atoms with E-state index < -0.39 is 23.5 Å². The standard InChI is InChI=1S/C30H48O4.C14H11Cl2NO2.Na/c1-25(2)14-15-30(24(33)34)19(16-25)18-8-9-21-27(5)12-11-22(31)26(3,4)20(27)10-13-28(21,6)29(18,7)17-23(30)32;1-8-6-7-10(15)13(12(8)16)17-11-5-3-2-4-9(11)14(18)19;/h8,19-23,31-32H,9-17H2,1-7H3,(H,33,34);2-7,17H,1H3,(H,18,19);/q;;+1/p-1. The molecule has 0 amide bonds. The Morgan fingerprint density at radius 3 is 2.17 bits per heavy atom. The molecule has 0 radical (unpaired) electrons. The van der Waals surface area contributed by atoms with E-state index in [-0.39, 0.29) is 74.2 Å². The molecule has 10 heteroatoms. The number of carboxylic acids is 2. The van der Waals surface area contributed by atoms with E-state index in [1.54, 1.807) is 30.3 Å². The molecule has 4 fully saturated rings. The number of benzene rings is 2. The predicted molar refractivity (Wildman–Crippen MR) is 209 cm³/mol. The normalized spacial score (nSPS) is 37.3. The van der Waals surface area contributed by atoms with Crippen molar-refractivity contribution in [3.63, 3.8) is 0 Å². The monoisotopic (exact) mass is 789 g/mol. The first-order valence-electron chi connectivity index (χ1n) is 19.4. The predicted octanol–water partition coefficient (Wildman–Crippen LogP) is 6.62. The number of carbonyl (C=O) groups is 2. The van der Waals surface area contributed by atoms with Gasteiger partial charge in [-0.3, -0.25) is 4.79 Å². The number of nitrogens with one attached hydrogen (secondary N) is 1. The van der Waals surface area contributed by atoms with Crippen molar-refractivity contribution in [2.75, 3.05) is 5.32 Å². The van der Waals surface area contributed by atoms with Crippen molar-refractivity contribution in [3.8, 4) is 0 Å². The van der Waals surface area contributed by atoms with Crippen LogP contribution in [0.1, 0.15) is 122 Å². The number of carboxylic acid groups (broad SMARTS) is 2. The molecule has 2 aromatic rings. The van der Waals surface area contributed by atoms with E-state index in [9.17, 15) is 30.0 Å². The van der Waals surface area contributed by atoms with E-state index in [0.29, 0.717) is 46.1 Å². The Morgan fingerprint density at radius 2 is 1.52 bits per heavy atom. The molecule has 0 aromatic heterocycles. The summed E-state index contributed by atoms with van der Waals surface area (Å²) in [5, 5.41) is 47.9. The largest absolute Gasteiger partial charge is 1.00 e. The van der Waals surface area contributed by atoms with E-state index in [1.165, 1.54) is 11.6 Å². The molecule has 0 heterocycles. The van der Waals surface area contributed by atoms with Crippen LogP contribution in [0.25, 0.3) is 0 Å². The van der Waals surface area contributed by atoms with Gasteiger partial charge in [0.05, 0.1) is 33.9 Å². The molecule has 5 aliphatic rings. The van der Waals surface area contributed by atoms with E-state index >= 15 is 0 Å². The fourth-order valence-electron chi connectivity index (χ4n) is 12.4. The number of halogens is 2. The van der Waals surface area contributed by atoms with Crippen LogP contribution in [0.15, 0.2) is 48.0 Å². The number of aliphatic hydroxyl groups is 2. The average molecular weight is 791 g/mol. The summed E-state index contributed by atoms with van der Waals surface area (Å²) in [6.07, 6.45) is 9.35. The minimum atomic E-state index is -1.26. The number of rotatable bonds is 4. The van der Waals surface area contributed by atoms with E-state index in [4.69, 9.17) is 23.2 Å². The van der Waals surface area contributed by atoms with Crippen LogP contribution in [0, 0.1) is 57.2 Å². The number of aliphatic carboxylic acids is 1. The smallest absolute Gasteiger partial charge is 0.545 e. The number of aryl methyl sites for hydroxylation is 1. The van der Waals surface area contributed by atoms with Gasteiger partial charge >= 0.3 is 35.5 Å². The third kappa shape index (κ3) is 6.71. The third-order valence-electron chi connectivity index (χ3n) is 15.8. The first-order chi connectivity index (χ1) is 24.6. The maximum Gasteiger partial charge on any atom is 1.00 e. The minimum absolute atomic E-state index is 0. The van der Waals surface area contributed by atoms with Gasteiger partial charge in [-0.15, -0.1) is 0 Å². The summed E-state index contributed by atoms with van der Waals surface area (Å²) in [5.74, 6) is -1.17. The molecule has 7 nitrogen and oxygen atoms in total. The van der Waals surface area contributed by atoms with Gasteiger partial charge in [-0.1, -0.05) is 108 Å². The zero-order valence-corrected chi connectivity index (χ0v) is 37.1. The summed E-state index contributed by atoms with van der Waals surface area (Å²) in [6, 6.07) is 9.91. The Balaban J connectivity index is 0.000000239. The molecule has 5 aliphatic carbocycles. The van der Waals surface area contributed by atoms with Gasteiger partial charge in [-0.05, 0) is 127 Å². The Morgan fingerprint density at radius 1 is 0.852 bits per heavy atom. The van der Waals surface area contributed by atoms with Crippen LogP contribution in [0.3, 0.4) is 0 Å². The fraction of sp³-hybridized carbons (Fsp3) is 0.636. The third-order valence-corrected chi connectivity index (χ3v) is 16.6. The van der Waals surface area contributed by atoms with Gasteiger partial charge < -0.3 is 30.5 Å². The zero-order valence-electron chi connectivity index (χ0n) is 33.6. The SMILES string of the molecule is CC1(C)CCC2(C(=O)O)C(O)CC3(C)C(=CCC4C5(C)CCC(O)C(C)(C)C5CCC43C)C2C1.Cc1ccc(Cl)c(Nc2ccccc2C(=O)[O-])c1Cl.[Na+]. The second kappa shape index (κ2) is 15.0. The number of anilines is 2. The number of hydrogen-bond acceptors (Lipinski definition) is 6. The Hall–Kier alpha value is -1.58. The first kappa shape index (κ1) is 43.5. The van der Waals surface area contributed by atoms with Gasteiger partial charge in [-0.2, -0.15) is 0 Å². The quantitative estimate of drug-likeness (QED) is 0.203. The number of allylic oxidation sites excluding steroid dienone is 2. The Labute approximate surface area is 354 Å². The Kier molecular flexibility index (Phi) is 12.1. The van der Waals surface area contributed by atoms with Gasteiger partial charge in [0.2, 0.25) is 0 Å². The van der Waals surface area contributed by atoms with Gasteiger partial charge in [0.15, 0.2) is 0 Å². The van der Waals surface area contributed by atoms with Crippen LogP contribution < -0.4 is 40.0 Å². The van der Waals surface area contributed by atoms with E-state index in [1.807, 2.05) is 6.92 Å². The zero-order chi connectivity index (χ0) is 39.1. The molecule has 9 atom stereocenters. The molecule has 2 aromatic carbocycles. The Bertz CT molecular complexity index is 1830. The molecule has 7 rings (SSSR count). The summed E-state index contributed by atoms with van der Waals surface area (Å²) in [7, 11) is 0. The van der Waals surface area contributed by atoms with Crippen molar-refractivity contribution >= 4 is 46.5 Å². The maximum atomic E-state index is 12.8. The topological polar surface area (TPSA) is 130 Å². The molecule has 0 aliphatic heterocycles. The van der Waals surface area contributed by atoms with Gasteiger partial charge in [0, 0.05) is 11.3 Å². The van der Waals surface area contributed by atoms with Crippen LogP contribution >= 0.6 is 23.2 Å². The summed E-state index contributed by atoms with van der Waals surface area (Å²) >= 11 is 12.2. The van der Waals surface area contributed by atoms with Crippen molar-refractivity contribution in [1.82, 2.24) is 0 Å². The van der Waals surface area contributed by atoms with Crippen LogP contribution in [-0.4, -0.2) is 39.5 Å². The summed E-state index contributed by atoms with van der Waals surface area (Å²) in [6.45, 7) is 18.2. The van der Waals surface area contributed by atoms with Crippen molar-refractivity contribution in [1.29, 1.82) is 0 Å². The number of aromatic carboxylic acids is 1. The number of fused-ring (bicyclic) bond motifs is 7. The molecule has 9 unspecified atom stereocenters. The van der Waals surface area contributed by atoms with Crippen molar-refractivity contribution < 1.29 is 59.6 Å². The van der Waals surface area contributed by atoms with Crippen LogP contribution in [0.5, 0.6) is 0 Å². The molecule has 4 saturated carbocycles. The van der Waals surface area contributed by atoms with Crippen molar-refractivity contribution in [3.05, 3.63) is 69.2 Å². The van der Waals surface area contributed by atoms with Gasteiger partial charge in [0.25, 0.3) is 0 Å². The molecule has 0 saturated heterocycles. The van der Waals surface area contributed by atoms with Gasteiger partial charge in [0.1, 0.15) is 5.41 Å². The van der Waals surface area contributed by atoms with Gasteiger partial charge in [-0.25, -0.2) is 0 Å². The molecule has 0 bridgehead atoms. The van der Waals surface area contributed by atoms with Crippen molar-refractivity contribution in [2.24, 2.45) is 50.2 Å². The second-order valence-corrected chi connectivity index (χ2v) is 20.0. The van der Waals surface area contributed by atoms with E-state index in [0.717, 1.165) is 50.5 Å². The molecule has 0 spiro atoms. The summed E-state index contributed by atoms with van der Waals surface area (Å²) < 4.78 is 0. The molecule has 54 heavy (non-hydrogen) atoms. The molecular weight excluding hydrogens is 732 g/mol. The summed E-state index contributed by atoms with van der Waals surface area (Å²) in [4.78, 5) is 23.8. The number of para-hydroxylation sites is 1. The van der Waals surface area contributed by atoms with E-state index in [2.05, 4.69) is 59.9 Å². The number of hydrogen-bond donors (Lipinski definition) is 4. The van der Waals surface area contributed by atoms with Crippen LogP contribution in [0.4, 0.5) is 11.4 Å². The van der Waals surface area contributed by atoms with Crippen LogP contribution in [0.2, 0.25) is 10.0 Å². The van der Waals surface area contributed by atoms with Crippen molar-refractivity contribution in [2.45, 2.75) is 125 Å². The minimum Gasteiger partial charge on any atom is -0.545 e. The first-order valence-corrected chi connectivity index (χ1v) is 20.1. The number of aliphatic hydroxyl groups excluding tert-OH is 2.